The van der Waals surface area contributed by atoms with Crippen molar-refractivity contribution in [3.63, 3.8) is 0 Å². The molecule has 1 aliphatic heterocycles. The monoisotopic (exact) mass is 267 g/mol. The Kier molecular flexibility index (Phi) is 5.27. The maximum absolute atomic E-state index is 6.70. The first-order chi connectivity index (χ1) is 8.97. The summed E-state index contributed by atoms with van der Waals surface area (Å²) in [5.41, 5.74) is 6.70. The van der Waals surface area contributed by atoms with Crippen LogP contribution in [0.25, 0.3) is 0 Å². The van der Waals surface area contributed by atoms with Gasteiger partial charge in [-0.2, -0.15) is 0 Å². The molecule has 3 heteroatoms. The predicted octanol–water partition coefficient (Wildman–Crippen LogP) is 2.02. The number of rotatable bonds is 2. The van der Waals surface area contributed by atoms with Crippen LogP contribution >= 0.6 is 0 Å². The van der Waals surface area contributed by atoms with Crippen LogP contribution in [0.2, 0.25) is 0 Å². The van der Waals surface area contributed by atoms with Crippen LogP contribution in [0.5, 0.6) is 0 Å². The fourth-order valence-corrected chi connectivity index (χ4v) is 4.36. The second-order valence-electron chi connectivity index (χ2n) is 7.42. The summed E-state index contributed by atoms with van der Waals surface area (Å²) in [6, 6.07) is 0.880. The number of hydrogen-bond donors (Lipinski definition) is 1. The van der Waals surface area contributed by atoms with Gasteiger partial charge in [0.15, 0.2) is 0 Å². The first kappa shape index (κ1) is 15.3. The van der Waals surface area contributed by atoms with E-state index in [1.807, 2.05) is 0 Å². The summed E-state index contributed by atoms with van der Waals surface area (Å²) >= 11 is 0. The molecule has 112 valence electrons. The number of nitrogens with two attached hydrogens (primary N) is 1. The normalized spacial score (nSPS) is 40.9. The first-order valence-electron chi connectivity index (χ1n) is 8.11. The summed E-state index contributed by atoms with van der Waals surface area (Å²) in [6.07, 6.45) is 5.33. The van der Waals surface area contributed by atoms with Crippen molar-refractivity contribution in [2.24, 2.45) is 23.5 Å². The lowest BCUT2D eigenvalue weighted by atomic mass is 9.72. The smallest absolute Gasteiger partial charge is 0.0373 e. The van der Waals surface area contributed by atoms with E-state index in [-0.39, 0.29) is 0 Å². The van der Waals surface area contributed by atoms with Crippen LogP contribution in [0.4, 0.5) is 0 Å². The minimum absolute atomic E-state index is 0.343. The zero-order chi connectivity index (χ0) is 14.0. The Hall–Kier alpha value is -0.120. The highest BCUT2D eigenvalue weighted by atomic mass is 15.2. The SMILES string of the molecule is CC1CC(C)CC(C(N)C2CN(C)CCCN2C)C1. The third-order valence-electron chi connectivity index (χ3n) is 5.32. The van der Waals surface area contributed by atoms with Crippen molar-refractivity contribution in [1.82, 2.24) is 9.80 Å². The molecule has 19 heavy (non-hydrogen) atoms. The fourth-order valence-electron chi connectivity index (χ4n) is 4.36. The lowest BCUT2D eigenvalue weighted by Gasteiger charge is -2.41. The average molecular weight is 267 g/mol. The molecule has 3 nitrogen and oxygen atoms in total. The molecule has 0 spiro atoms. The molecule has 1 aliphatic carbocycles. The van der Waals surface area contributed by atoms with Gasteiger partial charge in [-0.15, -0.1) is 0 Å². The first-order valence-corrected chi connectivity index (χ1v) is 8.11. The summed E-state index contributed by atoms with van der Waals surface area (Å²) in [4.78, 5) is 4.97. The third-order valence-corrected chi connectivity index (χ3v) is 5.32. The van der Waals surface area contributed by atoms with Crippen LogP contribution in [-0.4, -0.2) is 55.6 Å². The zero-order valence-corrected chi connectivity index (χ0v) is 13.3. The van der Waals surface area contributed by atoms with E-state index in [9.17, 15) is 0 Å². The standard InChI is InChI=1S/C16H33N3/c1-12-8-13(2)10-14(9-12)16(17)15-11-18(3)6-5-7-19(15)4/h12-16H,5-11,17H2,1-4H3. The molecule has 0 bridgehead atoms. The van der Waals surface area contributed by atoms with Gasteiger partial charge in [-0.05, 0) is 70.6 Å². The van der Waals surface area contributed by atoms with Crippen LogP contribution in [-0.2, 0) is 0 Å². The lowest BCUT2D eigenvalue weighted by molar-refractivity contribution is 0.118. The molecule has 0 amide bonds. The van der Waals surface area contributed by atoms with Gasteiger partial charge >= 0.3 is 0 Å². The minimum atomic E-state index is 0.343. The molecule has 2 N–H and O–H groups in total. The Morgan fingerprint density at radius 3 is 2.26 bits per heavy atom. The third kappa shape index (κ3) is 3.93. The Morgan fingerprint density at radius 2 is 1.63 bits per heavy atom. The molecule has 0 radical (unpaired) electrons. The minimum Gasteiger partial charge on any atom is -0.326 e. The van der Waals surface area contributed by atoms with Crippen molar-refractivity contribution in [1.29, 1.82) is 0 Å². The Labute approximate surface area is 119 Å². The largest absolute Gasteiger partial charge is 0.326 e. The second-order valence-corrected chi connectivity index (χ2v) is 7.42. The summed E-state index contributed by atoms with van der Waals surface area (Å²) in [7, 11) is 4.50. The van der Waals surface area contributed by atoms with Gasteiger partial charge in [0, 0.05) is 18.6 Å². The highest BCUT2D eigenvalue weighted by molar-refractivity contribution is 4.92. The van der Waals surface area contributed by atoms with Crippen LogP contribution in [0.15, 0.2) is 0 Å². The van der Waals surface area contributed by atoms with Gasteiger partial charge in [0.25, 0.3) is 0 Å². The maximum Gasteiger partial charge on any atom is 0.0373 e. The summed E-state index contributed by atoms with van der Waals surface area (Å²) in [5.74, 6) is 2.43. The van der Waals surface area contributed by atoms with Crippen molar-refractivity contribution >= 4 is 0 Å². The average Bonchev–Trinajstić information content (AvgIpc) is 2.49. The van der Waals surface area contributed by atoms with Gasteiger partial charge in [-0.3, -0.25) is 0 Å². The molecule has 2 rings (SSSR count). The predicted molar refractivity (Wildman–Crippen MR) is 82.2 cm³/mol. The van der Waals surface area contributed by atoms with Gasteiger partial charge in [0.1, 0.15) is 0 Å². The van der Waals surface area contributed by atoms with E-state index >= 15 is 0 Å². The van der Waals surface area contributed by atoms with Gasteiger partial charge < -0.3 is 15.5 Å². The molecule has 1 heterocycles. The number of nitrogens with zero attached hydrogens (tertiary/aromatic N) is 2. The fraction of sp³-hybridized carbons (Fsp3) is 1.00. The molecular weight excluding hydrogens is 234 g/mol. The van der Waals surface area contributed by atoms with E-state index in [2.05, 4.69) is 37.7 Å². The summed E-state index contributed by atoms with van der Waals surface area (Å²) in [6.45, 7) is 8.35. The van der Waals surface area contributed by atoms with Gasteiger partial charge in [0.05, 0.1) is 0 Å². The molecule has 4 atom stereocenters. The molecule has 0 aromatic heterocycles. The molecule has 1 saturated carbocycles. The van der Waals surface area contributed by atoms with E-state index in [1.54, 1.807) is 0 Å². The molecule has 1 saturated heterocycles. The highest BCUT2D eigenvalue weighted by Crippen LogP contribution is 2.35. The van der Waals surface area contributed by atoms with Crippen LogP contribution in [0.1, 0.15) is 39.5 Å². The van der Waals surface area contributed by atoms with Crippen LogP contribution in [0.3, 0.4) is 0 Å². The summed E-state index contributed by atoms with van der Waals surface area (Å²) in [5, 5.41) is 0. The van der Waals surface area contributed by atoms with Crippen LogP contribution in [0, 0.1) is 17.8 Å². The highest BCUT2D eigenvalue weighted by Gasteiger charge is 2.35. The van der Waals surface area contributed by atoms with Crippen LogP contribution < -0.4 is 5.73 Å². The molecule has 2 aliphatic rings. The quantitative estimate of drug-likeness (QED) is 0.831. The molecule has 2 fully saturated rings. The Bertz CT molecular complexity index is 271. The van der Waals surface area contributed by atoms with Crippen molar-refractivity contribution in [2.75, 3.05) is 33.7 Å². The van der Waals surface area contributed by atoms with E-state index in [0.717, 1.165) is 24.3 Å². The van der Waals surface area contributed by atoms with E-state index < -0.39 is 0 Å². The Morgan fingerprint density at radius 1 is 1.00 bits per heavy atom. The second kappa shape index (κ2) is 6.55. The molecular formula is C16H33N3. The van der Waals surface area contributed by atoms with Crippen molar-refractivity contribution in [3.8, 4) is 0 Å². The van der Waals surface area contributed by atoms with Crippen molar-refractivity contribution < 1.29 is 0 Å². The summed E-state index contributed by atoms with van der Waals surface area (Å²) < 4.78 is 0. The number of likely N-dealkylation sites (N-methyl/N-ethyl adjacent to an activating group) is 2. The molecule has 0 aromatic carbocycles. The Balaban J connectivity index is 2.01. The molecule has 0 aromatic rings. The van der Waals surface area contributed by atoms with Gasteiger partial charge in [-0.25, -0.2) is 0 Å². The van der Waals surface area contributed by atoms with Crippen molar-refractivity contribution in [2.45, 2.75) is 51.6 Å². The van der Waals surface area contributed by atoms with Gasteiger partial charge in [-0.1, -0.05) is 13.8 Å². The zero-order valence-electron chi connectivity index (χ0n) is 13.3. The lowest BCUT2D eigenvalue weighted by Crippen LogP contribution is -2.54. The molecule has 4 unspecified atom stereocenters. The topological polar surface area (TPSA) is 32.5 Å². The van der Waals surface area contributed by atoms with Gasteiger partial charge in [0.2, 0.25) is 0 Å². The maximum atomic E-state index is 6.70. The van der Waals surface area contributed by atoms with E-state index in [1.165, 1.54) is 38.8 Å². The van der Waals surface area contributed by atoms with E-state index in [0.29, 0.717) is 12.1 Å². The number of hydrogen-bond acceptors (Lipinski definition) is 3. The van der Waals surface area contributed by atoms with Crippen molar-refractivity contribution in [3.05, 3.63) is 0 Å². The van der Waals surface area contributed by atoms with E-state index in [4.69, 9.17) is 5.73 Å².